The van der Waals surface area contributed by atoms with Crippen LogP contribution in [0.2, 0.25) is 0 Å². The van der Waals surface area contributed by atoms with E-state index in [1.807, 2.05) is 61.5 Å². The van der Waals surface area contributed by atoms with Gasteiger partial charge in [0.2, 0.25) is 0 Å². The normalized spacial score (nSPS) is 10.5. The molecule has 5 heteroatoms. The Balaban J connectivity index is 1.47. The molecule has 26 heavy (non-hydrogen) atoms. The van der Waals surface area contributed by atoms with Crippen LogP contribution in [-0.4, -0.2) is 17.7 Å². The maximum Gasteiger partial charge on any atom is 0.258 e. The maximum absolute atomic E-state index is 11.9. The highest BCUT2D eigenvalue weighted by Gasteiger charge is 2.09. The number of aryl methyl sites for hydroxylation is 2. The minimum Gasteiger partial charge on any atom is -0.484 e. The van der Waals surface area contributed by atoms with E-state index in [-0.39, 0.29) is 19.1 Å². The summed E-state index contributed by atoms with van der Waals surface area (Å²) in [5, 5.41) is 6.81. The third kappa shape index (κ3) is 4.72. The van der Waals surface area contributed by atoms with Crippen molar-refractivity contribution in [2.75, 3.05) is 6.61 Å². The first-order valence-electron chi connectivity index (χ1n) is 8.65. The number of aromatic nitrogens is 1. The molecule has 5 nitrogen and oxygen atoms in total. The second-order valence-corrected chi connectivity index (χ2v) is 6.11. The van der Waals surface area contributed by atoms with Gasteiger partial charge in [-0.1, -0.05) is 54.0 Å². The Morgan fingerprint density at radius 3 is 2.54 bits per heavy atom. The first-order valence-corrected chi connectivity index (χ1v) is 8.65. The van der Waals surface area contributed by atoms with Gasteiger partial charge in [0, 0.05) is 11.6 Å². The van der Waals surface area contributed by atoms with E-state index in [0.29, 0.717) is 11.5 Å². The molecule has 134 valence electrons. The number of rotatable bonds is 7. The van der Waals surface area contributed by atoms with Crippen molar-refractivity contribution in [1.82, 2.24) is 10.5 Å². The molecule has 2 aromatic carbocycles. The summed E-state index contributed by atoms with van der Waals surface area (Å²) in [6.07, 6.45) is 0.975. The fourth-order valence-electron chi connectivity index (χ4n) is 2.46. The van der Waals surface area contributed by atoms with E-state index >= 15 is 0 Å². The van der Waals surface area contributed by atoms with Gasteiger partial charge >= 0.3 is 0 Å². The van der Waals surface area contributed by atoms with E-state index in [9.17, 15) is 4.79 Å². The molecule has 1 amide bonds. The van der Waals surface area contributed by atoms with Gasteiger partial charge < -0.3 is 14.6 Å². The van der Waals surface area contributed by atoms with Gasteiger partial charge in [0.25, 0.3) is 5.91 Å². The Morgan fingerprint density at radius 1 is 1.12 bits per heavy atom. The molecular weight excluding hydrogens is 328 g/mol. The predicted molar refractivity (Wildman–Crippen MR) is 99.8 cm³/mol. The van der Waals surface area contributed by atoms with Crippen molar-refractivity contribution in [1.29, 1.82) is 0 Å². The molecule has 0 fully saturated rings. The van der Waals surface area contributed by atoms with Gasteiger partial charge in [-0.05, 0) is 31.0 Å². The average Bonchev–Trinajstić information content (AvgIpc) is 3.14. The van der Waals surface area contributed by atoms with Crippen molar-refractivity contribution in [2.24, 2.45) is 0 Å². The lowest BCUT2D eigenvalue weighted by Crippen LogP contribution is -2.28. The van der Waals surface area contributed by atoms with Crippen molar-refractivity contribution in [3.8, 4) is 17.0 Å². The zero-order chi connectivity index (χ0) is 18.4. The van der Waals surface area contributed by atoms with E-state index in [2.05, 4.69) is 17.4 Å². The maximum atomic E-state index is 11.9. The lowest BCUT2D eigenvalue weighted by atomic mass is 10.1. The van der Waals surface area contributed by atoms with Gasteiger partial charge in [-0.3, -0.25) is 4.79 Å². The zero-order valence-corrected chi connectivity index (χ0v) is 15.0. The predicted octanol–water partition coefficient (Wildman–Crippen LogP) is 3.91. The molecule has 0 aliphatic rings. The lowest BCUT2D eigenvalue weighted by Gasteiger charge is -2.07. The van der Waals surface area contributed by atoms with Crippen molar-refractivity contribution in [2.45, 2.75) is 26.8 Å². The fourth-order valence-corrected chi connectivity index (χ4v) is 2.46. The summed E-state index contributed by atoms with van der Waals surface area (Å²) < 4.78 is 10.8. The first-order chi connectivity index (χ1) is 12.6. The fraction of sp³-hybridized carbons (Fsp3) is 0.238. The van der Waals surface area contributed by atoms with E-state index in [1.165, 1.54) is 11.1 Å². The smallest absolute Gasteiger partial charge is 0.258 e. The van der Waals surface area contributed by atoms with Crippen LogP contribution in [0.5, 0.6) is 5.75 Å². The van der Waals surface area contributed by atoms with Crippen molar-refractivity contribution < 1.29 is 14.1 Å². The highest BCUT2D eigenvalue weighted by Crippen LogP contribution is 2.19. The number of hydrogen-bond donors (Lipinski definition) is 1. The molecule has 3 rings (SSSR count). The Morgan fingerprint density at radius 2 is 1.85 bits per heavy atom. The summed E-state index contributed by atoms with van der Waals surface area (Å²) in [6, 6.07) is 17.6. The molecule has 0 radical (unpaired) electrons. The summed E-state index contributed by atoms with van der Waals surface area (Å²) in [5.74, 6) is 1.07. The van der Waals surface area contributed by atoms with E-state index in [0.717, 1.165) is 17.7 Å². The number of hydrogen-bond acceptors (Lipinski definition) is 4. The molecule has 1 heterocycles. The molecule has 3 aromatic rings. The molecule has 0 aliphatic heterocycles. The number of amides is 1. The molecule has 1 aromatic heterocycles. The Bertz CT molecular complexity index is 852. The molecular formula is C21H22N2O3. The van der Waals surface area contributed by atoms with Crippen LogP contribution in [-0.2, 0) is 17.8 Å². The number of carbonyl (C=O) groups is 1. The molecule has 0 saturated heterocycles. The second-order valence-electron chi connectivity index (χ2n) is 6.11. The number of carbonyl (C=O) groups excluding carboxylic acids is 1. The highest BCUT2D eigenvalue weighted by atomic mass is 16.5. The largest absolute Gasteiger partial charge is 0.484 e. The third-order valence-corrected chi connectivity index (χ3v) is 4.07. The van der Waals surface area contributed by atoms with Crippen LogP contribution in [0.3, 0.4) is 0 Å². The Kier molecular flexibility index (Phi) is 5.69. The van der Waals surface area contributed by atoms with E-state index < -0.39 is 0 Å². The minimum absolute atomic E-state index is 0.0373. The first kappa shape index (κ1) is 17.7. The zero-order valence-electron chi connectivity index (χ0n) is 15.0. The van der Waals surface area contributed by atoms with Crippen molar-refractivity contribution in [3.63, 3.8) is 0 Å². The third-order valence-electron chi connectivity index (χ3n) is 4.07. The summed E-state index contributed by atoms with van der Waals surface area (Å²) in [5.41, 5.74) is 4.16. The van der Waals surface area contributed by atoms with Gasteiger partial charge in [-0.25, -0.2) is 0 Å². The Labute approximate surface area is 153 Å². The van der Waals surface area contributed by atoms with Crippen LogP contribution in [0, 0.1) is 6.92 Å². The van der Waals surface area contributed by atoms with Crippen molar-refractivity contribution >= 4 is 5.91 Å². The molecule has 0 unspecified atom stereocenters. The van der Waals surface area contributed by atoms with Gasteiger partial charge in [0.1, 0.15) is 11.4 Å². The number of benzene rings is 2. The summed E-state index contributed by atoms with van der Waals surface area (Å²) in [6.45, 7) is 4.37. The lowest BCUT2D eigenvalue weighted by molar-refractivity contribution is -0.123. The second kappa shape index (κ2) is 8.34. The number of ether oxygens (including phenoxy) is 1. The monoisotopic (exact) mass is 350 g/mol. The topological polar surface area (TPSA) is 64.4 Å². The summed E-state index contributed by atoms with van der Waals surface area (Å²) >= 11 is 0. The van der Waals surface area contributed by atoms with Gasteiger partial charge in [-0.2, -0.15) is 0 Å². The molecule has 0 saturated carbocycles. The standard InChI is InChI=1S/C21H22N2O3/c1-3-16-6-10-18(11-7-16)25-14-21(24)22-13-19-12-20(23-26-19)17-8-4-15(2)5-9-17/h4-12H,3,13-14H2,1-2H3,(H,22,24). The quantitative estimate of drug-likeness (QED) is 0.702. The van der Waals surface area contributed by atoms with Crippen molar-refractivity contribution in [3.05, 3.63) is 71.5 Å². The van der Waals surface area contributed by atoms with Crippen LogP contribution < -0.4 is 10.1 Å². The van der Waals surface area contributed by atoms with E-state index in [1.54, 1.807) is 0 Å². The van der Waals surface area contributed by atoms with Gasteiger partial charge in [0.15, 0.2) is 12.4 Å². The van der Waals surface area contributed by atoms with Crippen LogP contribution in [0.15, 0.2) is 59.1 Å². The van der Waals surface area contributed by atoms with Crippen LogP contribution >= 0.6 is 0 Å². The van der Waals surface area contributed by atoms with Crippen LogP contribution in [0.25, 0.3) is 11.3 Å². The minimum atomic E-state index is -0.210. The van der Waals surface area contributed by atoms with Crippen LogP contribution in [0.4, 0.5) is 0 Å². The molecule has 0 bridgehead atoms. The highest BCUT2D eigenvalue weighted by molar-refractivity contribution is 5.77. The summed E-state index contributed by atoms with van der Waals surface area (Å²) in [4.78, 5) is 11.9. The van der Waals surface area contributed by atoms with Gasteiger partial charge in [-0.15, -0.1) is 0 Å². The molecule has 1 N–H and O–H groups in total. The molecule has 0 spiro atoms. The average molecular weight is 350 g/mol. The number of nitrogens with one attached hydrogen (secondary N) is 1. The SMILES string of the molecule is CCc1ccc(OCC(=O)NCc2cc(-c3ccc(C)cc3)no2)cc1. The molecule has 0 aliphatic carbocycles. The van der Waals surface area contributed by atoms with E-state index in [4.69, 9.17) is 9.26 Å². The molecule has 0 atom stereocenters. The van der Waals surface area contributed by atoms with Crippen LogP contribution in [0.1, 0.15) is 23.8 Å². The Hall–Kier alpha value is -3.08. The number of nitrogens with zero attached hydrogens (tertiary/aromatic N) is 1. The van der Waals surface area contributed by atoms with Gasteiger partial charge in [0.05, 0.1) is 6.54 Å². The summed E-state index contributed by atoms with van der Waals surface area (Å²) in [7, 11) is 0.